The zero-order valence-corrected chi connectivity index (χ0v) is 14.2. The summed E-state index contributed by atoms with van der Waals surface area (Å²) in [6.45, 7) is 0. The number of rotatable bonds is 6. The zero-order valence-electron chi connectivity index (χ0n) is 13.4. The summed E-state index contributed by atoms with van der Waals surface area (Å²) in [4.78, 5) is 16.6. The van der Waals surface area contributed by atoms with E-state index in [1.807, 2.05) is 12.1 Å². The second-order valence-corrected chi connectivity index (χ2v) is 6.52. The molecule has 0 radical (unpaired) electrons. The Morgan fingerprint density at radius 2 is 1.80 bits per heavy atom. The van der Waals surface area contributed by atoms with Crippen LogP contribution >= 0.6 is 11.8 Å². The summed E-state index contributed by atoms with van der Waals surface area (Å²) in [6.07, 6.45) is 1.77. The fraction of sp³-hybridized carbons (Fsp3) is 0.100. The van der Waals surface area contributed by atoms with Crippen molar-refractivity contribution in [2.24, 2.45) is 0 Å². The molecule has 0 saturated carbocycles. The third-order valence-electron chi connectivity index (χ3n) is 3.70. The molecule has 0 aliphatic heterocycles. The van der Waals surface area contributed by atoms with Crippen molar-refractivity contribution in [3.8, 4) is 5.75 Å². The Hall–Kier alpha value is -2.66. The van der Waals surface area contributed by atoms with Crippen LogP contribution in [0.1, 0.15) is 21.5 Å². The first-order chi connectivity index (χ1) is 12.1. The van der Waals surface area contributed by atoms with Gasteiger partial charge in [0.2, 0.25) is 0 Å². The summed E-state index contributed by atoms with van der Waals surface area (Å²) in [7, 11) is 0. The van der Waals surface area contributed by atoms with Gasteiger partial charge in [0.05, 0.1) is 5.03 Å². The lowest BCUT2D eigenvalue weighted by atomic mass is 10.0. The second kappa shape index (κ2) is 7.94. The molecule has 0 bridgehead atoms. The topological polar surface area (TPSA) is 50.2 Å². The van der Waals surface area contributed by atoms with Crippen LogP contribution < -0.4 is 0 Å². The largest absolute Gasteiger partial charge is 0.508 e. The number of Topliss-reactive ketones (excluding diaryl/α,β-unsaturated/α-hetero) is 1. The third kappa shape index (κ3) is 4.67. The molecular weight excluding hydrogens is 337 g/mol. The maximum Gasteiger partial charge on any atom is 0.168 e. The maximum atomic E-state index is 12.9. The van der Waals surface area contributed by atoms with Gasteiger partial charge in [-0.05, 0) is 35.9 Å². The SMILES string of the molecule is O=C(Cc1ccc(F)cc1)c1ccc(SCc2ccccc2O)nc1. The molecule has 0 saturated heterocycles. The van der Waals surface area contributed by atoms with Gasteiger partial charge >= 0.3 is 0 Å². The number of pyridine rings is 1. The summed E-state index contributed by atoms with van der Waals surface area (Å²) in [5, 5.41) is 10.5. The molecule has 1 aromatic heterocycles. The molecule has 0 amide bonds. The van der Waals surface area contributed by atoms with Gasteiger partial charge in [-0.3, -0.25) is 4.79 Å². The fourth-order valence-electron chi connectivity index (χ4n) is 2.30. The minimum absolute atomic E-state index is 0.0589. The van der Waals surface area contributed by atoms with Crippen molar-refractivity contribution < 1.29 is 14.3 Å². The molecule has 3 nitrogen and oxygen atoms in total. The molecule has 126 valence electrons. The van der Waals surface area contributed by atoms with Gasteiger partial charge in [0, 0.05) is 29.5 Å². The molecule has 0 aliphatic rings. The highest BCUT2D eigenvalue weighted by Gasteiger charge is 2.09. The van der Waals surface area contributed by atoms with E-state index in [1.165, 1.54) is 23.9 Å². The number of phenolic OH excluding ortho intramolecular Hbond substituents is 1. The number of halogens is 1. The van der Waals surface area contributed by atoms with E-state index in [4.69, 9.17) is 0 Å². The smallest absolute Gasteiger partial charge is 0.168 e. The third-order valence-corrected chi connectivity index (χ3v) is 4.70. The van der Waals surface area contributed by atoms with Gasteiger partial charge in [-0.15, -0.1) is 11.8 Å². The van der Waals surface area contributed by atoms with Crippen LogP contribution in [-0.2, 0) is 12.2 Å². The first kappa shape index (κ1) is 17.2. The minimum Gasteiger partial charge on any atom is -0.508 e. The molecule has 0 fully saturated rings. The number of para-hydroxylation sites is 1. The number of phenols is 1. The van der Waals surface area contributed by atoms with E-state index in [9.17, 15) is 14.3 Å². The van der Waals surface area contributed by atoms with Crippen molar-refractivity contribution in [3.05, 3.63) is 89.4 Å². The highest BCUT2D eigenvalue weighted by Crippen LogP contribution is 2.26. The lowest BCUT2D eigenvalue weighted by molar-refractivity contribution is 0.0992. The van der Waals surface area contributed by atoms with Crippen LogP contribution in [0.2, 0.25) is 0 Å². The number of thioether (sulfide) groups is 1. The number of aromatic nitrogens is 1. The highest BCUT2D eigenvalue weighted by molar-refractivity contribution is 7.98. The molecule has 1 heterocycles. The number of ketones is 1. The van der Waals surface area contributed by atoms with Gasteiger partial charge in [-0.2, -0.15) is 0 Å². The van der Waals surface area contributed by atoms with Crippen molar-refractivity contribution in [1.82, 2.24) is 4.98 Å². The summed E-state index contributed by atoms with van der Waals surface area (Å²) >= 11 is 1.49. The molecular formula is C20H16FNO2S. The van der Waals surface area contributed by atoms with E-state index in [2.05, 4.69) is 4.98 Å². The van der Waals surface area contributed by atoms with E-state index in [-0.39, 0.29) is 23.8 Å². The predicted octanol–water partition coefficient (Wildman–Crippen LogP) is 4.64. The Bertz CT molecular complexity index is 864. The summed E-state index contributed by atoms with van der Waals surface area (Å²) < 4.78 is 12.9. The van der Waals surface area contributed by atoms with Crippen LogP contribution in [0, 0.1) is 5.82 Å². The van der Waals surface area contributed by atoms with E-state index in [0.717, 1.165) is 16.2 Å². The number of carbonyl (C=O) groups is 1. The molecule has 5 heteroatoms. The fourth-order valence-corrected chi connectivity index (χ4v) is 3.14. The van der Waals surface area contributed by atoms with Gasteiger partial charge in [0.1, 0.15) is 11.6 Å². The number of aromatic hydroxyl groups is 1. The Kier molecular flexibility index (Phi) is 5.46. The Balaban J connectivity index is 1.60. The average Bonchev–Trinajstić information content (AvgIpc) is 2.63. The number of benzene rings is 2. The van der Waals surface area contributed by atoms with Gasteiger partial charge in [0.15, 0.2) is 5.78 Å². The standard InChI is InChI=1S/C20H16FNO2S/c21-17-8-5-14(6-9-17)11-19(24)15-7-10-20(22-12-15)25-13-16-3-1-2-4-18(16)23/h1-10,12,23H,11,13H2. The van der Waals surface area contributed by atoms with Crippen molar-refractivity contribution in [1.29, 1.82) is 0 Å². The monoisotopic (exact) mass is 353 g/mol. The summed E-state index contributed by atoms with van der Waals surface area (Å²) in [6, 6.07) is 16.6. The Morgan fingerprint density at radius 3 is 2.48 bits per heavy atom. The molecule has 2 aromatic carbocycles. The maximum absolute atomic E-state index is 12.9. The van der Waals surface area contributed by atoms with E-state index < -0.39 is 0 Å². The van der Waals surface area contributed by atoms with Crippen molar-refractivity contribution in [2.75, 3.05) is 0 Å². The van der Waals surface area contributed by atoms with Crippen LogP contribution in [0.4, 0.5) is 4.39 Å². The normalized spacial score (nSPS) is 10.6. The van der Waals surface area contributed by atoms with Gasteiger partial charge in [-0.25, -0.2) is 9.37 Å². The molecule has 0 unspecified atom stereocenters. The molecule has 0 spiro atoms. The number of carbonyl (C=O) groups excluding carboxylic acids is 1. The first-order valence-corrected chi connectivity index (χ1v) is 8.74. The van der Waals surface area contributed by atoms with E-state index in [0.29, 0.717) is 11.3 Å². The van der Waals surface area contributed by atoms with E-state index >= 15 is 0 Å². The van der Waals surface area contributed by atoms with E-state index in [1.54, 1.807) is 42.6 Å². The molecule has 0 atom stereocenters. The molecule has 3 aromatic rings. The molecule has 0 aliphatic carbocycles. The van der Waals surface area contributed by atoms with Gasteiger partial charge in [-0.1, -0.05) is 30.3 Å². The quantitative estimate of drug-likeness (QED) is 0.518. The van der Waals surface area contributed by atoms with Crippen LogP contribution in [0.15, 0.2) is 71.9 Å². The zero-order chi connectivity index (χ0) is 17.6. The van der Waals surface area contributed by atoms with Crippen molar-refractivity contribution >= 4 is 17.5 Å². The second-order valence-electron chi connectivity index (χ2n) is 5.53. The first-order valence-electron chi connectivity index (χ1n) is 7.75. The van der Waals surface area contributed by atoms with Crippen LogP contribution in [0.3, 0.4) is 0 Å². The van der Waals surface area contributed by atoms with Crippen LogP contribution in [-0.4, -0.2) is 15.9 Å². The lowest BCUT2D eigenvalue weighted by Gasteiger charge is -2.05. The van der Waals surface area contributed by atoms with Gasteiger partial charge < -0.3 is 5.11 Å². The van der Waals surface area contributed by atoms with Crippen LogP contribution in [0.5, 0.6) is 5.75 Å². The lowest BCUT2D eigenvalue weighted by Crippen LogP contribution is -2.04. The molecule has 25 heavy (non-hydrogen) atoms. The molecule has 3 rings (SSSR count). The summed E-state index contributed by atoms with van der Waals surface area (Å²) in [5.74, 6) is 0.490. The predicted molar refractivity (Wildman–Crippen MR) is 96.3 cm³/mol. The number of hydrogen-bond acceptors (Lipinski definition) is 4. The molecule has 1 N–H and O–H groups in total. The average molecular weight is 353 g/mol. The minimum atomic E-state index is -0.316. The van der Waals surface area contributed by atoms with Crippen molar-refractivity contribution in [3.63, 3.8) is 0 Å². The van der Waals surface area contributed by atoms with Crippen LogP contribution in [0.25, 0.3) is 0 Å². The number of hydrogen-bond donors (Lipinski definition) is 1. The van der Waals surface area contributed by atoms with Crippen molar-refractivity contribution in [2.45, 2.75) is 17.2 Å². The van der Waals surface area contributed by atoms with Gasteiger partial charge in [0.25, 0.3) is 0 Å². The summed E-state index contributed by atoms with van der Waals surface area (Å²) in [5.41, 5.74) is 2.13. The Morgan fingerprint density at radius 1 is 1.04 bits per heavy atom. The Labute approximate surface area is 149 Å². The number of nitrogens with zero attached hydrogens (tertiary/aromatic N) is 1. The highest BCUT2D eigenvalue weighted by atomic mass is 32.2.